The average Bonchev–Trinajstić information content (AvgIpc) is 2.09. The van der Waals surface area contributed by atoms with Gasteiger partial charge in [-0.15, -0.1) is 0 Å². The lowest BCUT2D eigenvalue weighted by atomic mass is 9.91. The lowest BCUT2D eigenvalue weighted by Gasteiger charge is -2.37. The van der Waals surface area contributed by atoms with Crippen molar-refractivity contribution in [3.05, 3.63) is 0 Å². The lowest BCUT2D eigenvalue weighted by Crippen LogP contribution is -2.41. The van der Waals surface area contributed by atoms with Gasteiger partial charge in [0.15, 0.2) is 0 Å². The fourth-order valence-corrected chi connectivity index (χ4v) is 2.40. The van der Waals surface area contributed by atoms with Crippen LogP contribution in [0.3, 0.4) is 0 Å². The Morgan fingerprint density at radius 3 is 2.54 bits per heavy atom. The quantitative estimate of drug-likeness (QED) is 0.670. The molecule has 1 saturated heterocycles. The van der Waals surface area contributed by atoms with Crippen LogP contribution < -0.4 is 0 Å². The molecule has 2 heteroatoms. The Morgan fingerprint density at radius 2 is 1.92 bits per heavy atom. The van der Waals surface area contributed by atoms with E-state index in [-0.39, 0.29) is 0 Å². The highest BCUT2D eigenvalue weighted by molar-refractivity contribution is 4.85. The smallest absolute Gasteiger partial charge is 0.0632 e. The number of aliphatic hydroxyl groups is 1. The molecule has 2 rings (SSSR count). The SMILES string of the molecule is CC1(O)CCCN(C2CCC2)CC1. The van der Waals surface area contributed by atoms with Gasteiger partial charge in [0.1, 0.15) is 0 Å². The molecule has 1 aliphatic carbocycles. The second-order valence-corrected chi connectivity index (χ2v) is 4.97. The first-order valence-electron chi connectivity index (χ1n) is 5.64. The van der Waals surface area contributed by atoms with E-state index in [4.69, 9.17) is 0 Å². The first-order chi connectivity index (χ1) is 6.17. The van der Waals surface area contributed by atoms with Crippen molar-refractivity contribution in [3.8, 4) is 0 Å². The highest BCUT2D eigenvalue weighted by atomic mass is 16.3. The molecule has 13 heavy (non-hydrogen) atoms. The van der Waals surface area contributed by atoms with Crippen molar-refractivity contribution >= 4 is 0 Å². The molecular weight excluding hydrogens is 162 g/mol. The summed E-state index contributed by atoms with van der Waals surface area (Å²) in [6, 6.07) is 0.855. The van der Waals surface area contributed by atoms with Crippen molar-refractivity contribution in [1.82, 2.24) is 4.90 Å². The Hall–Kier alpha value is -0.0800. The molecule has 1 heterocycles. The van der Waals surface area contributed by atoms with Crippen LogP contribution in [-0.4, -0.2) is 34.7 Å². The van der Waals surface area contributed by atoms with E-state index >= 15 is 0 Å². The summed E-state index contributed by atoms with van der Waals surface area (Å²) in [6.07, 6.45) is 7.31. The molecule has 0 amide bonds. The molecule has 0 radical (unpaired) electrons. The van der Waals surface area contributed by atoms with E-state index in [2.05, 4.69) is 4.90 Å². The molecule has 76 valence electrons. The molecule has 0 aromatic rings. The molecule has 1 saturated carbocycles. The molecule has 0 aromatic heterocycles. The summed E-state index contributed by atoms with van der Waals surface area (Å²) in [7, 11) is 0. The van der Waals surface area contributed by atoms with Crippen molar-refractivity contribution in [2.45, 2.75) is 57.1 Å². The molecule has 2 aliphatic rings. The van der Waals surface area contributed by atoms with Crippen LogP contribution in [0.4, 0.5) is 0 Å². The van der Waals surface area contributed by atoms with Gasteiger partial charge in [0.05, 0.1) is 5.60 Å². The van der Waals surface area contributed by atoms with Crippen LogP contribution >= 0.6 is 0 Å². The molecule has 2 nitrogen and oxygen atoms in total. The Bertz CT molecular complexity index is 175. The van der Waals surface area contributed by atoms with Crippen LogP contribution in [0.1, 0.15) is 45.4 Å². The van der Waals surface area contributed by atoms with E-state index in [1.807, 2.05) is 6.92 Å². The second kappa shape index (κ2) is 3.58. The molecular formula is C11H21NO. The summed E-state index contributed by atoms with van der Waals surface area (Å²) in [4.78, 5) is 2.59. The molecule has 2 fully saturated rings. The average molecular weight is 183 g/mol. The maximum absolute atomic E-state index is 9.92. The van der Waals surface area contributed by atoms with Crippen molar-refractivity contribution in [2.24, 2.45) is 0 Å². The topological polar surface area (TPSA) is 23.5 Å². The van der Waals surface area contributed by atoms with Gasteiger partial charge >= 0.3 is 0 Å². The predicted octanol–water partition coefficient (Wildman–Crippen LogP) is 1.78. The number of likely N-dealkylation sites (tertiary alicyclic amines) is 1. The number of rotatable bonds is 1. The van der Waals surface area contributed by atoms with Crippen molar-refractivity contribution < 1.29 is 5.11 Å². The third-order valence-electron chi connectivity index (χ3n) is 3.69. The fourth-order valence-electron chi connectivity index (χ4n) is 2.40. The van der Waals surface area contributed by atoms with Gasteiger partial charge < -0.3 is 10.0 Å². The minimum atomic E-state index is -0.390. The second-order valence-electron chi connectivity index (χ2n) is 4.97. The van der Waals surface area contributed by atoms with E-state index in [0.717, 1.165) is 25.4 Å². The normalized spacial score (nSPS) is 38.3. The minimum Gasteiger partial charge on any atom is -0.390 e. The zero-order valence-corrected chi connectivity index (χ0v) is 8.63. The third-order valence-corrected chi connectivity index (χ3v) is 3.69. The zero-order valence-electron chi connectivity index (χ0n) is 8.63. The molecule has 0 spiro atoms. The largest absolute Gasteiger partial charge is 0.390 e. The molecule has 1 aliphatic heterocycles. The summed E-state index contributed by atoms with van der Waals surface area (Å²) >= 11 is 0. The van der Waals surface area contributed by atoms with Gasteiger partial charge in [-0.25, -0.2) is 0 Å². The van der Waals surface area contributed by atoms with Gasteiger partial charge in [-0.2, -0.15) is 0 Å². The maximum Gasteiger partial charge on any atom is 0.0632 e. The van der Waals surface area contributed by atoms with Gasteiger partial charge in [0, 0.05) is 12.6 Å². The van der Waals surface area contributed by atoms with Crippen molar-refractivity contribution in [1.29, 1.82) is 0 Å². The van der Waals surface area contributed by atoms with E-state index in [1.165, 1.54) is 32.2 Å². The zero-order chi connectivity index (χ0) is 9.31. The summed E-state index contributed by atoms with van der Waals surface area (Å²) < 4.78 is 0. The molecule has 1 atom stereocenters. The molecule has 1 unspecified atom stereocenters. The monoisotopic (exact) mass is 183 g/mol. The van der Waals surface area contributed by atoms with E-state index in [1.54, 1.807) is 0 Å². The van der Waals surface area contributed by atoms with E-state index in [9.17, 15) is 5.11 Å². The Morgan fingerprint density at radius 1 is 1.15 bits per heavy atom. The highest BCUT2D eigenvalue weighted by Gasteiger charge is 2.30. The Kier molecular flexibility index (Phi) is 2.61. The number of hydrogen-bond acceptors (Lipinski definition) is 2. The lowest BCUT2D eigenvalue weighted by molar-refractivity contribution is 0.0403. The fraction of sp³-hybridized carbons (Fsp3) is 1.00. The third kappa shape index (κ3) is 2.23. The van der Waals surface area contributed by atoms with Crippen LogP contribution in [0.2, 0.25) is 0 Å². The summed E-state index contributed by atoms with van der Waals surface area (Å²) in [5, 5.41) is 9.92. The first-order valence-corrected chi connectivity index (χ1v) is 5.64. The van der Waals surface area contributed by atoms with Crippen LogP contribution in [0.25, 0.3) is 0 Å². The highest BCUT2D eigenvalue weighted by Crippen LogP contribution is 2.29. The van der Waals surface area contributed by atoms with E-state index in [0.29, 0.717) is 0 Å². The van der Waals surface area contributed by atoms with Crippen LogP contribution in [-0.2, 0) is 0 Å². The van der Waals surface area contributed by atoms with E-state index < -0.39 is 5.60 Å². The standard InChI is InChI=1S/C11H21NO/c1-11(13)6-3-8-12(9-7-11)10-4-2-5-10/h10,13H,2-9H2,1H3. The van der Waals surface area contributed by atoms with Gasteiger partial charge in [0.2, 0.25) is 0 Å². The minimum absolute atomic E-state index is 0.390. The maximum atomic E-state index is 9.92. The van der Waals surface area contributed by atoms with Gasteiger partial charge in [0.25, 0.3) is 0 Å². The summed E-state index contributed by atoms with van der Waals surface area (Å²) in [6.45, 7) is 4.30. The van der Waals surface area contributed by atoms with Crippen molar-refractivity contribution in [3.63, 3.8) is 0 Å². The van der Waals surface area contributed by atoms with Crippen LogP contribution in [0.5, 0.6) is 0 Å². The molecule has 0 aromatic carbocycles. The Balaban J connectivity index is 1.86. The molecule has 0 bridgehead atoms. The summed E-state index contributed by atoms with van der Waals surface area (Å²) in [5.41, 5.74) is -0.390. The number of nitrogens with zero attached hydrogens (tertiary/aromatic N) is 1. The predicted molar refractivity (Wildman–Crippen MR) is 53.7 cm³/mol. The first kappa shape index (κ1) is 9.47. The van der Waals surface area contributed by atoms with Gasteiger partial charge in [-0.05, 0) is 45.6 Å². The van der Waals surface area contributed by atoms with Gasteiger partial charge in [-0.3, -0.25) is 0 Å². The number of hydrogen-bond donors (Lipinski definition) is 1. The van der Waals surface area contributed by atoms with Crippen LogP contribution in [0.15, 0.2) is 0 Å². The Labute approximate surface area is 80.9 Å². The molecule has 1 N–H and O–H groups in total. The van der Waals surface area contributed by atoms with Crippen molar-refractivity contribution in [2.75, 3.05) is 13.1 Å². The summed E-state index contributed by atoms with van der Waals surface area (Å²) in [5.74, 6) is 0. The van der Waals surface area contributed by atoms with Gasteiger partial charge in [-0.1, -0.05) is 6.42 Å². The van der Waals surface area contributed by atoms with Crippen LogP contribution in [0, 0.1) is 0 Å².